The first kappa shape index (κ1) is 7.94. The second-order valence-electron chi connectivity index (χ2n) is 2.35. The Balaban J connectivity index is 2.43. The summed E-state index contributed by atoms with van der Waals surface area (Å²) in [5.74, 6) is 0. The Labute approximate surface area is 82.2 Å². The first-order chi connectivity index (χ1) is 5.75. The number of hydrogen-bond donors (Lipinski definition) is 0. The molecule has 2 rings (SSSR count). The summed E-state index contributed by atoms with van der Waals surface area (Å²) in [4.78, 5) is 4.23. The Morgan fingerprint density at radius 2 is 2.42 bits per heavy atom. The molecule has 5 heteroatoms. The van der Waals surface area contributed by atoms with E-state index >= 15 is 0 Å². The van der Waals surface area contributed by atoms with Gasteiger partial charge in [-0.3, -0.25) is 0 Å². The molecule has 3 nitrogen and oxygen atoms in total. The minimum atomic E-state index is 0.857. The van der Waals surface area contributed by atoms with Gasteiger partial charge in [-0.25, -0.2) is 9.67 Å². The first-order valence-electron chi connectivity index (χ1n) is 3.39. The predicted octanol–water partition coefficient (Wildman–Crippen LogP) is 2.40. The summed E-state index contributed by atoms with van der Waals surface area (Å²) in [6.07, 6.45) is 1.90. The van der Waals surface area contributed by atoms with Crippen molar-refractivity contribution in [1.82, 2.24) is 14.8 Å². The molecule has 0 saturated carbocycles. The highest BCUT2D eigenvalue weighted by Crippen LogP contribution is 2.17. The lowest BCUT2D eigenvalue weighted by Gasteiger charge is -1.91. The van der Waals surface area contributed by atoms with Crippen molar-refractivity contribution < 1.29 is 0 Å². The van der Waals surface area contributed by atoms with Crippen LogP contribution in [-0.2, 0) is 0 Å². The number of aromatic nitrogens is 3. The zero-order valence-corrected chi connectivity index (χ0v) is 8.76. The summed E-state index contributed by atoms with van der Waals surface area (Å²) in [6.45, 7) is 1.96. The lowest BCUT2D eigenvalue weighted by atomic mass is 10.5. The van der Waals surface area contributed by atoms with Crippen molar-refractivity contribution in [3.63, 3.8) is 0 Å². The Kier molecular flexibility index (Phi) is 1.98. The predicted molar refractivity (Wildman–Crippen MR) is 51.7 cm³/mol. The van der Waals surface area contributed by atoms with E-state index in [4.69, 9.17) is 0 Å². The first-order valence-corrected chi connectivity index (χ1v) is 5.06. The van der Waals surface area contributed by atoms with Gasteiger partial charge in [0.1, 0.15) is 4.60 Å². The van der Waals surface area contributed by atoms with Gasteiger partial charge >= 0.3 is 0 Å². The maximum absolute atomic E-state index is 4.24. The van der Waals surface area contributed by atoms with Gasteiger partial charge in [0.15, 0.2) is 0 Å². The molecule has 2 aromatic heterocycles. The molecule has 2 heterocycles. The van der Waals surface area contributed by atoms with E-state index in [1.807, 2.05) is 24.6 Å². The summed E-state index contributed by atoms with van der Waals surface area (Å²) >= 11 is 4.85. The number of nitrogens with zero attached hydrogens (tertiary/aromatic N) is 3. The molecule has 0 aliphatic rings. The Morgan fingerprint density at radius 1 is 1.58 bits per heavy atom. The fraction of sp³-hybridized carbons (Fsp3) is 0.143. The Bertz CT molecular complexity index is 355. The van der Waals surface area contributed by atoms with Crippen molar-refractivity contribution in [3.05, 3.63) is 27.9 Å². The molecule has 0 aliphatic carbocycles. The fourth-order valence-electron chi connectivity index (χ4n) is 0.872. The second-order valence-corrected chi connectivity index (χ2v) is 4.00. The fourth-order valence-corrected chi connectivity index (χ4v) is 2.05. The zero-order chi connectivity index (χ0) is 8.55. The van der Waals surface area contributed by atoms with Gasteiger partial charge in [0, 0.05) is 11.6 Å². The van der Waals surface area contributed by atoms with Crippen molar-refractivity contribution in [2.75, 3.05) is 0 Å². The average Bonchev–Trinajstić information content (AvgIpc) is 2.58. The number of hydrogen-bond acceptors (Lipinski definition) is 3. The monoisotopic (exact) mass is 243 g/mol. The number of thiazole rings is 1. The molecule has 0 aromatic carbocycles. The van der Waals surface area contributed by atoms with Gasteiger partial charge in [-0.05, 0) is 28.9 Å². The van der Waals surface area contributed by atoms with Crippen LogP contribution in [0.1, 0.15) is 5.69 Å². The summed E-state index contributed by atoms with van der Waals surface area (Å²) < 4.78 is 2.63. The quantitative estimate of drug-likeness (QED) is 0.771. The average molecular weight is 244 g/mol. The summed E-state index contributed by atoms with van der Waals surface area (Å²) in [7, 11) is 0. The van der Waals surface area contributed by atoms with Gasteiger partial charge in [0.25, 0.3) is 0 Å². The molecule has 0 bridgehead atoms. The maximum Gasteiger partial charge on any atom is 0.211 e. The van der Waals surface area contributed by atoms with E-state index in [0.29, 0.717) is 0 Å². The van der Waals surface area contributed by atoms with Gasteiger partial charge < -0.3 is 0 Å². The molecule has 0 saturated heterocycles. The molecule has 2 aromatic rings. The van der Waals surface area contributed by atoms with E-state index in [1.54, 1.807) is 16.0 Å². The van der Waals surface area contributed by atoms with Gasteiger partial charge in [0.05, 0.1) is 5.69 Å². The third kappa shape index (κ3) is 1.42. The van der Waals surface area contributed by atoms with E-state index in [9.17, 15) is 0 Å². The number of rotatable bonds is 1. The SMILES string of the molecule is Cc1ccn(-c2nc(Br)cs2)n1. The maximum atomic E-state index is 4.24. The van der Waals surface area contributed by atoms with E-state index in [1.165, 1.54) is 0 Å². The molecule has 62 valence electrons. The van der Waals surface area contributed by atoms with Gasteiger partial charge in [-0.1, -0.05) is 0 Å². The van der Waals surface area contributed by atoms with Crippen molar-refractivity contribution >= 4 is 27.3 Å². The van der Waals surface area contributed by atoms with Crippen molar-refractivity contribution in [3.8, 4) is 5.13 Å². The van der Waals surface area contributed by atoms with E-state index < -0.39 is 0 Å². The van der Waals surface area contributed by atoms with Crippen LogP contribution in [0.4, 0.5) is 0 Å². The molecule has 0 spiro atoms. The molecule has 0 atom stereocenters. The molecule has 0 radical (unpaired) electrons. The van der Waals surface area contributed by atoms with E-state index in [-0.39, 0.29) is 0 Å². The lowest BCUT2D eigenvalue weighted by molar-refractivity contribution is 0.851. The van der Waals surface area contributed by atoms with Crippen LogP contribution in [0.25, 0.3) is 5.13 Å². The lowest BCUT2D eigenvalue weighted by Crippen LogP contribution is -1.93. The van der Waals surface area contributed by atoms with Crippen molar-refractivity contribution in [1.29, 1.82) is 0 Å². The summed E-state index contributed by atoms with van der Waals surface area (Å²) in [5.41, 5.74) is 1.00. The normalized spacial score (nSPS) is 10.5. The zero-order valence-electron chi connectivity index (χ0n) is 6.36. The molecular weight excluding hydrogens is 238 g/mol. The van der Waals surface area contributed by atoms with Crippen LogP contribution in [0.3, 0.4) is 0 Å². The van der Waals surface area contributed by atoms with E-state index in [2.05, 4.69) is 26.0 Å². The van der Waals surface area contributed by atoms with Crippen molar-refractivity contribution in [2.24, 2.45) is 0 Å². The van der Waals surface area contributed by atoms with Crippen LogP contribution in [0.2, 0.25) is 0 Å². The van der Waals surface area contributed by atoms with Gasteiger partial charge in [-0.15, -0.1) is 11.3 Å². The molecule has 0 amide bonds. The largest absolute Gasteiger partial charge is 0.213 e. The highest BCUT2D eigenvalue weighted by atomic mass is 79.9. The Hall–Kier alpha value is -0.680. The third-order valence-electron chi connectivity index (χ3n) is 1.38. The Morgan fingerprint density at radius 3 is 2.92 bits per heavy atom. The third-order valence-corrected chi connectivity index (χ3v) is 2.92. The number of halogens is 1. The standard InChI is InChI=1S/C7H6BrN3S/c1-5-2-3-11(10-5)7-9-6(8)4-12-7/h2-4H,1H3. The topological polar surface area (TPSA) is 30.7 Å². The minimum Gasteiger partial charge on any atom is -0.213 e. The van der Waals surface area contributed by atoms with Crippen LogP contribution in [0, 0.1) is 6.92 Å². The second kappa shape index (κ2) is 2.99. The summed E-state index contributed by atoms with van der Waals surface area (Å²) in [6, 6.07) is 1.95. The summed E-state index contributed by atoms with van der Waals surface area (Å²) in [5, 5.41) is 7.06. The van der Waals surface area contributed by atoms with Gasteiger partial charge in [-0.2, -0.15) is 5.10 Å². The molecular formula is C7H6BrN3S. The van der Waals surface area contributed by atoms with Crippen LogP contribution in [0.5, 0.6) is 0 Å². The smallest absolute Gasteiger partial charge is 0.211 e. The molecule has 0 unspecified atom stereocenters. The minimum absolute atomic E-state index is 0.857. The number of aryl methyl sites for hydroxylation is 1. The van der Waals surface area contributed by atoms with Crippen LogP contribution < -0.4 is 0 Å². The van der Waals surface area contributed by atoms with Crippen LogP contribution >= 0.6 is 27.3 Å². The van der Waals surface area contributed by atoms with E-state index in [0.717, 1.165) is 15.4 Å². The molecule has 0 N–H and O–H groups in total. The molecule has 12 heavy (non-hydrogen) atoms. The molecule has 0 fully saturated rings. The van der Waals surface area contributed by atoms with Crippen LogP contribution in [-0.4, -0.2) is 14.8 Å². The highest BCUT2D eigenvalue weighted by Gasteiger charge is 2.01. The van der Waals surface area contributed by atoms with Gasteiger partial charge in [0.2, 0.25) is 5.13 Å². The highest BCUT2D eigenvalue weighted by molar-refractivity contribution is 9.10. The van der Waals surface area contributed by atoms with Crippen LogP contribution in [0.15, 0.2) is 22.2 Å². The van der Waals surface area contributed by atoms with Crippen molar-refractivity contribution in [2.45, 2.75) is 6.92 Å². The molecule has 0 aliphatic heterocycles.